The first-order valence-corrected chi connectivity index (χ1v) is 14.1. The van der Waals surface area contributed by atoms with Crippen molar-refractivity contribution in [3.8, 4) is 0 Å². The van der Waals surface area contributed by atoms with E-state index in [-0.39, 0.29) is 19.3 Å². The molecule has 4 N–H and O–H groups in total. The molecule has 0 amide bonds. The molecule has 10 nitrogen and oxygen atoms in total. The number of fused-ring (bicyclic) bond motifs is 2. The van der Waals surface area contributed by atoms with Crippen LogP contribution in [-0.4, -0.2) is 68.7 Å². The predicted molar refractivity (Wildman–Crippen MR) is 136 cm³/mol. The van der Waals surface area contributed by atoms with Gasteiger partial charge in [0.1, 0.15) is 0 Å². The maximum atomic E-state index is 12.6. The van der Waals surface area contributed by atoms with Crippen LogP contribution < -0.4 is 0 Å². The lowest BCUT2D eigenvalue weighted by Crippen LogP contribution is -2.40. The van der Waals surface area contributed by atoms with Crippen LogP contribution in [0.15, 0.2) is 0 Å². The summed E-state index contributed by atoms with van der Waals surface area (Å²) in [6.45, 7) is 4.44. The first-order valence-electron chi connectivity index (χ1n) is 14.1. The summed E-state index contributed by atoms with van der Waals surface area (Å²) < 4.78 is 11.4. The Hall–Kier alpha value is -2.20. The summed E-state index contributed by atoms with van der Waals surface area (Å²) in [5.74, 6) is -1.73. The SMILES string of the molecule is CC1CC2OC2CC1CC(CCCC(=O)O)(CC1CC2OC2CC1C)C(=O)O.O=C(O)CCCCC(=O)O. The molecule has 2 aliphatic carbocycles. The summed E-state index contributed by atoms with van der Waals surface area (Å²) in [5, 5.41) is 35.7. The molecule has 0 aromatic carbocycles. The fourth-order valence-electron chi connectivity index (χ4n) is 6.64. The molecule has 0 aromatic heterocycles. The van der Waals surface area contributed by atoms with Crippen LogP contribution in [0.25, 0.3) is 0 Å². The number of hydrogen-bond donors (Lipinski definition) is 4. The zero-order chi connectivity index (χ0) is 28.0. The maximum absolute atomic E-state index is 12.6. The molecular weight excluding hydrogens is 496 g/mol. The minimum atomic E-state index is -0.870. The highest BCUT2D eigenvalue weighted by Crippen LogP contribution is 2.52. The molecule has 0 radical (unpaired) electrons. The molecule has 38 heavy (non-hydrogen) atoms. The summed E-state index contributed by atoms with van der Waals surface area (Å²) in [6.07, 6.45) is 8.60. The topological polar surface area (TPSA) is 174 Å². The highest BCUT2D eigenvalue weighted by Gasteiger charge is 2.53. The number of hydrogen-bond acceptors (Lipinski definition) is 6. The summed E-state index contributed by atoms with van der Waals surface area (Å²) in [4.78, 5) is 43.5. The van der Waals surface area contributed by atoms with Gasteiger partial charge in [0.25, 0.3) is 0 Å². The van der Waals surface area contributed by atoms with E-state index in [4.69, 9.17) is 24.8 Å². The largest absolute Gasteiger partial charge is 0.481 e. The molecule has 0 bridgehead atoms. The highest BCUT2D eigenvalue weighted by atomic mass is 16.6. The van der Waals surface area contributed by atoms with E-state index in [2.05, 4.69) is 13.8 Å². The molecule has 2 saturated carbocycles. The van der Waals surface area contributed by atoms with Crippen molar-refractivity contribution in [2.24, 2.45) is 29.1 Å². The number of ether oxygens (including phenoxy) is 2. The molecule has 10 heteroatoms. The van der Waals surface area contributed by atoms with Gasteiger partial charge in [0.2, 0.25) is 0 Å². The normalized spacial score (nSPS) is 34.4. The van der Waals surface area contributed by atoms with E-state index in [0.717, 1.165) is 25.7 Å². The molecule has 4 rings (SSSR count). The number of aliphatic carboxylic acids is 4. The van der Waals surface area contributed by atoms with E-state index in [9.17, 15) is 24.3 Å². The van der Waals surface area contributed by atoms with Crippen LogP contribution in [0.1, 0.15) is 97.3 Å². The summed E-state index contributed by atoms with van der Waals surface area (Å²) >= 11 is 0. The zero-order valence-corrected chi connectivity index (χ0v) is 22.5. The molecule has 4 fully saturated rings. The van der Waals surface area contributed by atoms with E-state index in [1.165, 1.54) is 0 Å². The van der Waals surface area contributed by atoms with E-state index >= 15 is 0 Å². The molecular formula is C28H44O10. The summed E-state index contributed by atoms with van der Waals surface area (Å²) in [7, 11) is 0. The Labute approximate surface area is 224 Å². The first kappa shape index (κ1) is 30.3. The number of epoxide rings is 2. The summed E-state index contributed by atoms with van der Waals surface area (Å²) in [5.41, 5.74) is -0.837. The van der Waals surface area contributed by atoms with Crippen molar-refractivity contribution < 1.29 is 49.1 Å². The number of unbranched alkanes of at least 4 members (excludes halogenated alkanes) is 1. The van der Waals surface area contributed by atoms with Crippen molar-refractivity contribution in [3.63, 3.8) is 0 Å². The van der Waals surface area contributed by atoms with Crippen molar-refractivity contribution in [1.82, 2.24) is 0 Å². The van der Waals surface area contributed by atoms with Crippen LogP contribution in [0.5, 0.6) is 0 Å². The second-order valence-corrected chi connectivity index (χ2v) is 12.1. The molecule has 216 valence electrons. The van der Waals surface area contributed by atoms with Gasteiger partial charge in [0, 0.05) is 19.3 Å². The second kappa shape index (κ2) is 13.2. The van der Waals surface area contributed by atoms with Crippen molar-refractivity contribution in [3.05, 3.63) is 0 Å². The quantitative estimate of drug-likeness (QED) is 0.182. The van der Waals surface area contributed by atoms with Crippen molar-refractivity contribution >= 4 is 23.9 Å². The first-order chi connectivity index (χ1) is 17.9. The Morgan fingerprint density at radius 2 is 1.00 bits per heavy atom. The van der Waals surface area contributed by atoms with Crippen LogP contribution in [0, 0.1) is 29.1 Å². The fourth-order valence-corrected chi connectivity index (χ4v) is 6.64. The van der Waals surface area contributed by atoms with Crippen LogP contribution in [0.4, 0.5) is 0 Å². The van der Waals surface area contributed by atoms with Gasteiger partial charge >= 0.3 is 23.9 Å². The predicted octanol–water partition coefficient (Wildman–Crippen LogP) is 4.44. The van der Waals surface area contributed by atoms with Gasteiger partial charge in [0.15, 0.2) is 0 Å². The third-order valence-electron chi connectivity index (χ3n) is 9.10. The van der Waals surface area contributed by atoms with Crippen molar-refractivity contribution in [2.75, 3.05) is 0 Å². The minimum absolute atomic E-state index is 0.0388. The molecule has 8 unspecified atom stereocenters. The standard InChI is InChI=1S/C22H34O6.C6H10O4/c1-12-6-16-18(27-16)8-14(12)10-22(21(25)26,5-3-4-20(23)24)11-15-9-19-17(28-19)7-13(15)2;7-5(8)3-1-2-4-6(9)10/h12-19H,3-11H2,1-2H3,(H,23,24)(H,25,26);1-4H2,(H,7,8)(H,9,10). The second-order valence-electron chi connectivity index (χ2n) is 12.1. The lowest BCUT2D eigenvalue weighted by atomic mass is 9.62. The number of carboxylic acids is 4. The molecule has 0 spiro atoms. The molecule has 2 heterocycles. The monoisotopic (exact) mass is 540 g/mol. The average Bonchev–Trinajstić information content (AvgIpc) is 3.73. The van der Waals surface area contributed by atoms with Crippen LogP contribution >= 0.6 is 0 Å². The lowest BCUT2D eigenvalue weighted by molar-refractivity contribution is -0.154. The Balaban J connectivity index is 0.000000342. The van der Waals surface area contributed by atoms with Gasteiger partial charge in [-0.3, -0.25) is 19.2 Å². The van der Waals surface area contributed by atoms with E-state index in [1.54, 1.807) is 0 Å². The van der Waals surface area contributed by atoms with E-state index < -0.39 is 29.3 Å². The maximum Gasteiger partial charge on any atom is 0.309 e. The lowest BCUT2D eigenvalue weighted by Gasteiger charge is -2.40. The van der Waals surface area contributed by atoms with Gasteiger partial charge in [-0.15, -0.1) is 0 Å². The van der Waals surface area contributed by atoms with Gasteiger partial charge in [-0.05, 0) is 87.9 Å². The number of carboxylic acid groups (broad SMARTS) is 4. The van der Waals surface area contributed by atoms with Crippen LogP contribution in [0.3, 0.4) is 0 Å². The smallest absolute Gasteiger partial charge is 0.309 e. The highest BCUT2D eigenvalue weighted by molar-refractivity contribution is 5.75. The molecule has 4 aliphatic rings. The van der Waals surface area contributed by atoms with Crippen LogP contribution in [0.2, 0.25) is 0 Å². The van der Waals surface area contributed by atoms with E-state index in [1.807, 2.05) is 0 Å². The van der Waals surface area contributed by atoms with Gasteiger partial charge in [-0.25, -0.2) is 0 Å². The Bertz CT molecular complexity index is 807. The third-order valence-corrected chi connectivity index (χ3v) is 9.10. The molecule has 0 aromatic rings. The van der Waals surface area contributed by atoms with Crippen molar-refractivity contribution in [1.29, 1.82) is 0 Å². The Morgan fingerprint density at radius 3 is 1.37 bits per heavy atom. The third kappa shape index (κ3) is 8.93. The zero-order valence-electron chi connectivity index (χ0n) is 22.5. The Morgan fingerprint density at radius 1 is 0.632 bits per heavy atom. The van der Waals surface area contributed by atoms with Gasteiger partial charge in [0.05, 0.1) is 29.8 Å². The number of carbonyl (C=O) groups is 4. The van der Waals surface area contributed by atoms with Gasteiger partial charge in [-0.1, -0.05) is 13.8 Å². The minimum Gasteiger partial charge on any atom is -0.481 e. The molecule has 2 aliphatic heterocycles. The summed E-state index contributed by atoms with van der Waals surface area (Å²) in [6, 6.07) is 0. The van der Waals surface area contributed by atoms with E-state index in [0.29, 0.717) is 86.6 Å². The van der Waals surface area contributed by atoms with Crippen molar-refractivity contribution in [2.45, 2.75) is 122 Å². The average molecular weight is 541 g/mol. The van der Waals surface area contributed by atoms with Gasteiger partial charge < -0.3 is 29.9 Å². The van der Waals surface area contributed by atoms with Crippen LogP contribution in [-0.2, 0) is 28.7 Å². The van der Waals surface area contributed by atoms with Gasteiger partial charge in [-0.2, -0.15) is 0 Å². The molecule has 8 atom stereocenters. The molecule has 2 saturated heterocycles. The fraction of sp³-hybridized carbons (Fsp3) is 0.857. The number of rotatable bonds is 14. The Kier molecular flexibility index (Phi) is 10.6.